The van der Waals surface area contributed by atoms with E-state index in [4.69, 9.17) is 4.74 Å². The highest BCUT2D eigenvalue weighted by molar-refractivity contribution is 5.94. The first-order valence-electron chi connectivity index (χ1n) is 11.9. The normalized spacial score (nSPS) is 13.9. The zero-order chi connectivity index (χ0) is 24.8. The van der Waals surface area contributed by atoms with E-state index < -0.39 is 5.97 Å². The Morgan fingerprint density at radius 3 is 2.63 bits per heavy atom. The summed E-state index contributed by atoms with van der Waals surface area (Å²) in [6.45, 7) is 6.86. The zero-order valence-corrected chi connectivity index (χ0v) is 20.1. The van der Waals surface area contributed by atoms with E-state index in [9.17, 15) is 14.4 Å². The third-order valence-corrected chi connectivity index (χ3v) is 6.05. The van der Waals surface area contributed by atoms with Crippen molar-refractivity contribution in [1.29, 1.82) is 0 Å². The number of hydrogen-bond acceptors (Lipinski definition) is 6. The van der Waals surface area contributed by atoms with Gasteiger partial charge in [-0.15, -0.1) is 0 Å². The van der Waals surface area contributed by atoms with Crippen molar-refractivity contribution in [2.24, 2.45) is 0 Å². The second-order valence-electron chi connectivity index (χ2n) is 8.60. The maximum absolute atomic E-state index is 13.3. The Kier molecular flexibility index (Phi) is 7.60. The molecule has 1 fully saturated rings. The van der Waals surface area contributed by atoms with Crippen molar-refractivity contribution in [2.75, 3.05) is 37.7 Å². The molecule has 0 aliphatic carbocycles. The fraction of sp³-hybridized carbons (Fsp3) is 0.333. The number of esters is 1. The van der Waals surface area contributed by atoms with Crippen molar-refractivity contribution in [3.63, 3.8) is 0 Å². The minimum atomic E-state index is -0.393. The van der Waals surface area contributed by atoms with Crippen LogP contribution in [0.4, 0.5) is 5.82 Å². The summed E-state index contributed by atoms with van der Waals surface area (Å²) in [6.07, 6.45) is 3.98. The Hall–Kier alpha value is -3.94. The van der Waals surface area contributed by atoms with Gasteiger partial charge in [0.15, 0.2) is 0 Å². The van der Waals surface area contributed by atoms with Crippen LogP contribution < -0.4 is 10.5 Å². The van der Waals surface area contributed by atoms with Crippen LogP contribution in [0.1, 0.15) is 45.2 Å². The molecule has 0 saturated carbocycles. The Balaban J connectivity index is 1.44. The van der Waals surface area contributed by atoms with E-state index in [2.05, 4.69) is 9.88 Å². The number of anilines is 1. The molecule has 1 aliphatic rings. The lowest BCUT2D eigenvalue weighted by Crippen LogP contribution is -2.39. The fourth-order valence-corrected chi connectivity index (χ4v) is 4.26. The molecule has 0 bridgehead atoms. The minimum absolute atomic E-state index is 0.186. The first-order chi connectivity index (χ1) is 17.0. The lowest BCUT2D eigenvalue weighted by molar-refractivity contribution is 0.0525. The van der Waals surface area contributed by atoms with Gasteiger partial charge in [0.25, 0.3) is 11.5 Å². The third-order valence-electron chi connectivity index (χ3n) is 6.05. The number of nitrogens with zero attached hydrogens (tertiary/aromatic N) is 4. The van der Waals surface area contributed by atoms with Crippen LogP contribution >= 0.6 is 0 Å². The molecule has 4 rings (SSSR count). The summed E-state index contributed by atoms with van der Waals surface area (Å²) in [6, 6.07) is 14.9. The predicted octanol–water partition coefficient (Wildman–Crippen LogP) is 3.13. The van der Waals surface area contributed by atoms with Crippen LogP contribution in [0.15, 0.2) is 65.7 Å². The molecular weight excluding hydrogens is 444 g/mol. The maximum atomic E-state index is 13.3. The maximum Gasteiger partial charge on any atom is 0.339 e. The lowest BCUT2D eigenvalue weighted by Gasteiger charge is -2.23. The highest BCUT2D eigenvalue weighted by Crippen LogP contribution is 2.16. The number of hydrogen-bond donors (Lipinski definition) is 0. The summed E-state index contributed by atoms with van der Waals surface area (Å²) in [5.74, 6) is 0.101. The van der Waals surface area contributed by atoms with E-state index in [-0.39, 0.29) is 17.0 Å². The molecule has 1 aromatic carbocycles. The molecule has 8 heteroatoms. The van der Waals surface area contributed by atoms with E-state index in [1.165, 1.54) is 6.20 Å². The molecular formula is C27H30N4O4. The number of carbonyl (C=O) groups is 2. The highest BCUT2D eigenvalue weighted by atomic mass is 16.5. The van der Waals surface area contributed by atoms with Crippen LogP contribution in [0.25, 0.3) is 0 Å². The van der Waals surface area contributed by atoms with Crippen LogP contribution in [0.5, 0.6) is 0 Å². The van der Waals surface area contributed by atoms with Crippen LogP contribution in [0.3, 0.4) is 0 Å². The topological polar surface area (TPSA) is 84.7 Å². The van der Waals surface area contributed by atoms with E-state index in [0.717, 1.165) is 29.9 Å². The van der Waals surface area contributed by atoms with Gasteiger partial charge in [0, 0.05) is 38.6 Å². The van der Waals surface area contributed by atoms with E-state index >= 15 is 0 Å². The van der Waals surface area contributed by atoms with E-state index in [1.807, 2.05) is 31.2 Å². The zero-order valence-electron chi connectivity index (χ0n) is 20.1. The first kappa shape index (κ1) is 24.2. The first-order valence-corrected chi connectivity index (χ1v) is 11.9. The molecule has 0 radical (unpaired) electrons. The average molecular weight is 475 g/mol. The summed E-state index contributed by atoms with van der Waals surface area (Å²) in [5.41, 5.74) is 2.46. The lowest BCUT2D eigenvalue weighted by atomic mass is 10.1. The van der Waals surface area contributed by atoms with Gasteiger partial charge >= 0.3 is 5.97 Å². The van der Waals surface area contributed by atoms with E-state index in [0.29, 0.717) is 38.3 Å². The number of aryl methyl sites for hydroxylation is 1. The summed E-state index contributed by atoms with van der Waals surface area (Å²) in [5, 5.41) is 0. The molecule has 1 aliphatic heterocycles. The second-order valence-corrected chi connectivity index (χ2v) is 8.60. The molecule has 0 unspecified atom stereocenters. The molecule has 1 amide bonds. The largest absolute Gasteiger partial charge is 0.462 e. The van der Waals surface area contributed by atoms with Gasteiger partial charge in [0.1, 0.15) is 11.4 Å². The number of pyridine rings is 2. The van der Waals surface area contributed by atoms with Gasteiger partial charge in [-0.3, -0.25) is 9.59 Å². The number of aromatic nitrogens is 2. The van der Waals surface area contributed by atoms with Crippen molar-refractivity contribution in [3.05, 3.63) is 93.5 Å². The Morgan fingerprint density at radius 2 is 1.89 bits per heavy atom. The van der Waals surface area contributed by atoms with Crippen molar-refractivity contribution in [3.8, 4) is 0 Å². The molecule has 3 aromatic rings. The summed E-state index contributed by atoms with van der Waals surface area (Å²) < 4.78 is 6.59. The fourth-order valence-electron chi connectivity index (χ4n) is 4.26. The summed E-state index contributed by atoms with van der Waals surface area (Å²) in [7, 11) is 0. The average Bonchev–Trinajstić information content (AvgIpc) is 3.12. The number of rotatable bonds is 6. The monoisotopic (exact) mass is 474 g/mol. The minimum Gasteiger partial charge on any atom is -0.462 e. The molecule has 182 valence electrons. The SMILES string of the molecule is CCOC(=O)c1ccc(N2CCCN(C(=O)c3cccn(Cc4cccc(C)c4)c3=O)CC2)nc1. The van der Waals surface area contributed by atoms with Crippen LogP contribution in [-0.4, -0.2) is 59.1 Å². The molecule has 1 saturated heterocycles. The Morgan fingerprint density at radius 1 is 1.03 bits per heavy atom. The summed E-state index contributed by atoms with van der Waals surface area (Å²) >= 11 is 0. The Labute approximate surface area is 204 Å². The van der Waals surface area contributed by atoms with Gasteiger partial charge in [-0.25, -0.2) is 9.78 Å². The van der Waals surface area contributed by atoms with Gasteiger partial charge < -0.3 is 19.1 Å². The smallest absolute Gasteiger partial charge is 0.339 e. The molecule has 3 heterocycles. The van der Waals surface area contributed by atoms with E-state index in [1.54, 1.807) is 46.9 Å². The summed E-state index contributed by atoms with van der Waals surface area (Å²) in [4.78, 5) is 46.5. The second kappa shape index (κ2) is 11.0. The molecule has 0 spiro atoms. The molecule has 0 atom stereocenters. The van der Waals surface area contributed by atoms with Crippen LogP contribution in [0.2, 0.25) is 0 Å². The van der Waals surface area contributed by atoms with Crippen molar-refractivity contribution in [2.45, 2.75) is 26.8 Å². The molecule has 2 aromatic heterocycles. The molecule has 35 heavy (non-hydrogen) atoms. The van der Waals surface area contributed by atoms with Crippen molar-refractivity contribution < 1.29 is 14.3 Å². The van der Waals surface area contributed by atoms with Crippen molar-refractivity contribution in [1.82, 2.24) is 14.5 Å². The number of benzene rings is 1. The molecule has 0 N–H and O–H groups in total. The number of amides is 1. The van der Waals surface area contributed by atoms with Gasteiger partial charge in [-0.2, -0.15) is 0 Å². The quantitative estimate of drug-likeness (QED) is 0.511. The predicted molar refractivity (Wildman–Crippen MR) is 134 cm³/mol. The van der Waals surface area contributed by atoms with Gasteiger partial charge in [-0.1, -0.05) is 29.8 Å². The van der Waals surface area contributed by atoms with Gasteiger partial charge in [0.2, 0.25) is 0 Å². The number of ether oxygens (including phenoxy) is 1. The highest BCUT2D eigenvalue weighted by Gasteiger charge is 2.23. The molecule has 8 nitrogen and oxygen atoms in total. The van der Waals surface area contributed by atoms with Crippen molar-refractivity contribution >= 4 is 17.7 Å². The standard InChI is InChI=1S/C27H30N4O4/c1-3-35-27(34)22-10-11-24(28-18-22)29-13-6-14-30(16-15-29)25(32)23-9-5-12-31(26(23)33)19-21-8-4-7-20(2)17-21/h4-5,7-12,17-18H,3,6,13-16,19H2,1-2H3. The van der Waals surface area contributed by atoms with Crippen LogP contribution in [-0.2, 0) is 11.3 Å². The van der Waals surface area contributed by atoms with Gasteiger partial charge in [-0.05, 0) is 50.1 Å². The third kappa shape index (κ3) is 5.77. The number of carbonyl (C=O) groups excluding carboxylic acids is 2. The van der Waals surface area contributed by atoms with Gasteiger partial charge in [0.05, 0.1) is 18.7 Å². The Bertz CT molecular complexity index is 1250. The van der Waals surface area contributed by atoms with Crippen LogP contribution in [0, 0.1) is 6.92 Å².